The summed E-state index contributed by atoms with van der Waals surface area (Å²) in [6.07, 6.45) is 1.02. The van der Waals surface area contributed by atoms with Crippen LogP contribution in [0.25, 0.3) is 0 Å². The molecular weight excluding hydrogens is 268 g/mol. The molecule has 1 aromatic rings. The van der Waals surface area contributed by atoms with Crippen molar-refractivity contribution in [2.45, 2.75) is 26.3 Å². The summed E-state index contributed by atoms with van der Waals surface area (Å²) in [7, 11) is 0. The van der Waals surface area contributed by atoms with Crippen molar-refractivity contribution >= 4 is 15.9 Å². The summed E-state index contributed by atoms with van der Waals surface area (Å²) in [6.45, 7) is 5.53. The summed E-state index contributed by atoms with van der Waals surface area (Å²) in [6, 6.07) is 6.15. The van der Waals surface area contributed by atoms with Crippen molar-refractivity contribution in [1.29, 1.82) is 0 Å². The van der Waals surface area contributed by atoms with Crippen LogP contribution in [0.1, 0.15) is 30.5 Å². The van der Waals surface area contributed by atoms with E-state index >= 15 is 0 Å². The van der Waals surface area contributed by atoms with Gasteiger partial charge in [-0.1, -0.05) is 35.0 Å². The highest BCUT2D eigenvalue weighted by atomic mass is 79.9. The maximum Gasteiger partial charge on any atom is 0.0696 e. The van der Waals surface area contributed by atoms with Gasteiger partial charge in [0.25, 0.3) is 0 Å². The Bertz CT molecular complexity index is 331. The van der Waals surface area contributed by atoms with E-state index in [1.807, 2.05) is 12.1 Å². The van der Waals surface area contributed by atoms with E-state index in [4.69, 9.17) is 10.6 Å². The molecule has 0 amide bonds. The van der Waals surface area contributed by atoms with Gasteiger partial charge < -0.3 is 4.74 Å². The van der Waals surface area contributed by atoms with Crippen LogP contribution in [0.5, 0.6) is 0 Å². The molecule has 1 atom stereocenters. The lowest BCUT2D eigenvalue weighted by atomic mass is 10.0. The quantitative estimate of drug-likeness (QED) is 0.480. The van der Waals surface area contributed by atoms with E-state index in [9.17, 15) is 0 Å². The smallest absolute Gasteiger partial charge is 0.0696 e. The van der Waals surface area contributed by atoms with Crippen LogP contribution in [-0.4, -0.2) is 13.2 Å². The van der Waals surface area contributed by atoms with Gasteiger partial charge in [-0.05, 0) is 30.5 Å². The summed E-state index contributed by atoms with van der Waals surface area (Å²) in [5.74, 6) is 5.56. The lowest BCUT2D eigenvalue weighted by molar-refractivity contribution is 0.112. The van der Waals surface area contributed by atoms with Crippen LogP contribution in [-0.2, 0) is 4.74 Å². The SMILES string of the molecule is CCCOCC(NN)c1cccc(Br)c1C. The Morgan fingerprint density at radius 3 is 2.88 bits per heavy atom. The number of benzene rings is 1. The minimum atomic E-state index is 0.0454. The Morgan fingerprint density at radius 2 is 2.25 bits per heavy atom. The maximum absolute atomic E-state index is 5.56. The molecule has 0 radical (unpaired) electrons. The molecule has 0 saturated heterocycles. The van der Waals surface area contributed by atoms with Crippen molar-refractivity contribution in [1.82, 2.24) is 5.43 Å². The van der Waals surface area contributed by atoms with Crippen LogP contribution >= 0.6 is 15.9 Å². The van der Waals surface area contributed by atoms with E-state index in [1.165, 1.54) is 11.1 Å². The van der Waals surface area contributed by atoms with E-state index in [-0.39, 0.29) is 6.04 Å². The number of rotatable bonds is 6. The number of ether oxygens (including phenoxy) is 1. The fourth-order valence-corrected chi connectivity index (χ4v) is 1.96. The van der Waals surface area contributed by atoms with Crippen LogP contribution in [0.15, 0.2) is 22.7 Å². The van der Waals surface area contributed by atoms with Gasteiger partial charge >= 0.3 is 0 Å². The van der Waals surface area contributed by atoms with Gasteiger partial charge in [0.1, 0.15) is 0 Å². The Morgan fingerprint density at radius 1 is 1.50 bits per heavy atom. The molecule has 0 aliphatic carbocycles. The third kappa shape index (κ3) is 3.56. The van der Waals surface area contributed by atoms with Gasteiger partial charge in [0.15, 0.2) is 0 Å². The Balaban J connectivity index is 2.74. The van der Waals surface area contributed by atoms with Gasteiger partial charge in [-0.2, -0.15) is 0 Å². The van der Waals surface area contributed by atoms with Gasteiger partial charge in [-0.3, -0.25) is 11.3 Å². The van der Waals surface area contributed by atoms with Crippen molar-refractivity contribution < 1.29 is 4.74 Å². The molecule has 0 aromatic heterocycles. The minimum absolute atomic E-state index is 0.0454. The highest BCUT2D eigenvalue weighted by Crippen LogP contribution is 2.24. The second-order valence-electron chi connectivity index (χ2n) is 3.75. The van der Waals surface area contributed by atoms with Crippen LogP contribution < -0.4 is 11.3 Å². The molecular formula is C12H19BrN2O. The van der Waals surface area contributed by atoms with Gasteiger partial charge in [-0.25, -0.2) is 0 Å². The van der Waals surface area contributed by atoms with E-state index in [0.717, 1.165) is 17.5 Å². The predicted octanol–water partition coefficient (Wildman–Crippen LogP) is 2.69. The first-order valence-electron chi connectivity index (χ1n) is 5.49. The van der Waals surface area contributed by atoms with Gasteiger partial charge in [0, 0.05) is 11.1 Å². The fourth-order valence-electron chi connectivity index (χ4n) is 1.57. The molecule has 3 N–H and O–H groups in total. The first-order chi connectivity index (χ1) is 7.70. The molecule has 1 aromatic carbocycles. The first kappa shape index (κ1) is 13.6. The molecule has 0 saturated carbocycles. The molecule has 0 fully saturated rings. The predicted molar refractivity (Wildman–Crippen MR) is 70.1 cm³/mol. The zero-order valence-electron chi connectivity index (χ0n) is 9.79. The second kappa shape index (κ2) is 7.01. The summed E-state index contributed by atoms with van der Waals surface area (Å²) in [4.78, 5) is 0. The lowest BCUT2D eigenvalue weighted by Gasteiger charge is -2.19. The van der Waals surface area contributed by atoms with Gasteiger partial charge in [0.2, 0.25) is 0 Å². The van der Waals surface area contributed by atoms with Crippen molar-refractivity contribution in [2.24, 2.45) is 5.84 Å². The van der Waals surface area contributed by atoms with Crippen molar-refractivity contribution in [3.8, 4) is 0 Å². The van der Waals surface area contributed by atoms with Gasteiger partial charge in [-0.15, -0.1) is 0 Å². The van der Waals surface area contributed by atoms with E-state index in [1.54, 1.807) is 0 Å². The summed E-state index contributed by atoms with van der Waals surface area (Å²) in [5, 5.41) is 0. The summed E-state index contributed by atoms with van der Waals surface area (Å²) >= 11 is 3.52. The van der Waals surface area contributed by atoms with E-state index in [2.05, 4.69) is 41.3 Å². The highest BCUT2D eigenvalue weighted by molar-refractivity contribution is 9.10. The molecule has 90 valence electrons. The zero-order valence-corrected chi connectivity index (χ0v) is 11.4. The summed E-state index contributed by atoms with van der Waals surface area (Å²) < 4.78 is 6.63. The molecule has 4 heteroatoms. The van der Waals surface area contributed by atoms with E-state index in [0.29, 0.717) is 6.61 Å². The molecule has 3 nitrogen and oxygen atoms in total. The molecule has 0 aliphatic rings. The topological polar surface area (TPSA) is 47.3 Å². The second-order valence-corrected chi connectivity index (χ2v) is 4.60. The average molecular weight is 287 g/mol. The average Bonchev–Trinajstić information content (AvgIpc) is 2.29. The minimum Gasteiger partial charge on any atom is -0.379 e. The molecule has 0 spiro atoms. The molecule has 1 rings (SSSR count). The van der Waals surface area contributed by atoms with Crippen LogP contribution in [0.4, 0.5) is 0 Å². The number of hydrazine groups is 1. The lowest BCUT2D eigenvalue weighted by Crippen LogP contribution is -2.32. The molecule has 0 bridgehead atoms. The van der Waals surface area contributed by atoms with Crippen molar-refractivity contribution in [3.05, 3.63) is 33.8 Å². The highest BCUT2D eigenvalue weighted by Gasteiger charge is 2.13. The number of nitrogens with two attached hydrogens (primary N) is 1. The number of hydrogen-bond acceptors (Lipinski definition) is 3. The monoisotopic (exact) mass is 286 g/mol. The normalized spacial score (nSPS) is 12.8. The van der Waals surface area contributed by atoms with Crippen molar-refractivity contribution in [2.75, 3.05) is 13.2 Å². The first-order valence-corrected chi connectivity index (χ1v) is 6.28. The van der Waals surface area contributed by atoms with Gasteiger partial charge in [0.05, 0.1) is 12.6 Å². The standard InChI is InChI=1S/C12H19BrN2O/c1-3-7-16-8-12(15-14)10-5-4-6-11(13)9(10)2/h4-6,12,15H,3,7-8,14H2,1-2H3. The number of nitrogens with one attached hydrogen (secondary N) is 1. The summed E-state index contributed by atoms with van der Waals surface area (Å²) in [5.41, 5.74) is 5.17. The Hall–Kier alpha value is -0.420. The molecule has 1 unspecified atom stereocenters. The van der Waals surface area contributed by atoms with Crippen LogP contribution in [0.3, 0.4) is 0 Å². The third-order valence-corrected chi connectivity index (χ3v) is 3.38. The van der Waals surface area contributed by atoms with Crippen LogP contribution in [0, 0.1) is 6.92 Å². The Kier molecular flexibility index (Phi) is 5.98. The number of halogens is 1. The third-order valence-electron chi connectivity index (χ3n) is 2.52. The molecule has 0 aliphatic heterocycles. The largest absolute Gasteiger partial charge is 0.379 e. The maximum atomic E-state index is 5.56. The molecule has 0 heterocycles. The fraction of sp³-hybridized carbons (Fsp3) is 0.500. The van der Waals surface area contributed by atoms with Crippen molar-refractivity contribution in [3.63, 3.8) is 0 Å². The zero-order chi connectivity index (χ0) is 12.0. The van der Waals surface area contributed by atoms with Crippen LogP contribution in [0.2, 0.25) is 0 Å². The van der Waals surface area contributed by atoms with E-state index < -0.39 is 0 Å². The number of hydrogen-bond donors (Lipinski definition) is 2. The Labute approximate surface area is 105 Å². The molecule has 16 heavy (non-hydrogen) atoms.